The lowest BCUT2D eigenvalue weighted by atomic mass is 9.90. The van der Waals surface area contributed by atoms with Gasteiger partial charge in [-0.15, -0.1) is 0 Å². The summed E-state index contributed by atoms with van der Waals surface area (Å²) in [5.74, 6) is -0.152. The van der Waals surface area contributed by atoms with Gasteiger partial charge in [0.25, 0.3) is 0 Å². The van der Waals surface area contributed by atoms with Crippen LogP contribution >= 0.6 is 0 Å². The van der Waals surface area contributed by atoms with Crippen molar-refractivity contribution in [1.29, 1.82) is 0 Å². The Hall–Kier alpha value is -2.14. The fraction of sp³-hybridized carbons (Fsp3) is 0.231. The van der Waals surface area contributed by atoms with Gasteiger partial charge in [0.2, 0.25) is 5.91 Å². The summed E-state index contributed by atoms with van der Waals surface area (Å²) in [4.78, 5) is 12.2. The Labute approximate surface area is 105 Å². The summed E-state index contributed by atoms with van der Waals surface area (Å²) >= 11 is 0. The fourth-order valence-corrected chi connectivity index (χ4v) is 2.28. The van der Waals surface area contributed by atoms with Gasteiger partial charge in [-0.1, -0.05) is 24.3 Å². The fourth-order valence-electron chi connectivity index (χ4n) is 2.28. The molecule has 3 N–H and O–H groups in total. The number of amides is 1. The van der Waals surface area contributed by atoms with Crippen LogP contribution in [-0.4, -0.2) is 22.6 Å². The molecule has 1 aliphatic rings. The number of benzene rings is 1. The second kappa shape index (κ2) is 4.62. The molecule has 5 nitrogen and oxygen atoms in total. The predicted octanol–water partition coefficient (Wildman–Crippen LogP) is 1.24. The van der Waals surface area contributed by atoms with Crippen LogP contribution in [-0.2, 0) is 11.3 Å². The molecule has 2 aromatic rings. The van der Waals surface area contributed by atoms with Crippen molar-refractivity contribution >= 4 is 11.6 Å². The normalized spacial score (nSPS) is 18.1. The van der Waals surface area contributed by atoms with Crippen LogP contribution in [0.15, 0.2) is 36.7 Å². The molecule has 1 aliphatic heterocycles. The van der Waals surface area contributed by atoms with Gasteiger partial charge in [0.1, 0.15) is 0 Å². The predicted molar refractivity (Wildman–Crippen MR) is 68.1 cm³/mol. The monoisotopic (exact) mass is 242 g/mol. The van der Waals surface area contributed by atoms with Gasteiger partial charge in [-0.05, 0) is 11.1 Å². The van der Waals surface area contributed by atoms with E-state index in [1.165, 1.54) is 5.56 Å². The number of H-pyrrole nitrogens is 1. The average Bonchev–Trinajstić information content (AvgIpc) is 2.91. The molecular formula is C13H14N4O. The maximum Gasteiger partial charge on any atom is 0.233 e. The first kappa shape index (κ1) is 11.0. The van der Waals surface area contributed by atoms with E-state index in [0.717, 1.165) is 12.1 Å². The van der Waals surface area contributed by atoms with Crippen LogP contribution in [0.3, 0.4) is 0 Å². The Morgan fingerprint density at radius 3 is 3.11 bits per heavy atom. The molecule has 5 heteroatoms. The Morgan fingerprint density at radius 1 is 1.39 bits per heavy atom. The molecule has 0 aliphatic carbocycles. The van der Waals surface area contributed by atoms with E-state index in [0.29, 0.717) is 12.2 Å². The molecule has 0 bridgehead atoms. The molecule has 1 aromatic heterocycles. The van der Waals surface area contributed by atoms with Crippen molar-refractivity contribution in [3.8, 4) is 0 Å². The molecule has 0 saturated heterocycles. The largest absolute Gasteiger partial charge is 0.323 e. The summed E-state index contributed by atoms with van der Waals surface area (Å²) in [6, 6.07) is 8.05. The van der Waals surface area contributed by atoms with E-state index < -0.39 is 0 Å². The summed E-state index contributed by atoms with van der Waals surface area (Å²) in [5.41, 5.74) is 3.00. The Balaban J connectivity index is 1.83. The number of aromatic amines is 1. The molecule has 3 rings (SSSR count). The van der Waals surface area contributed by atoms with Crippen LogP contribution in [0.5, 0.6) is 0 Å². The first-order valence-electron chi connectivity index (χ1n) is 5.93. The van der Waals surface area contributed by atoms with E-state index >= 15 is 0 Å². The van der Waals surface area contributed by atoms with Gasteiger partial charge >= 0.3 is 0 Å². The Bertz CT molecular complexity index is 550. The van der Waals surface area contributed by atoms with Crippen molar-refractivity contribution in [2.75, 3.05) is 11.9 Å². The number of carbonyl (C=O) groups is 1. The molecule has 1 atom stereocenters. The van der Waals surface area contributed by atoms with Gasteiger partial charge < -0.3 is 10.6 Å². The van der Waals surface area contributed by atoms with Crippen LogP contribution in [0.4, 0.5) is 5.69 Å². The molecule has 18 heavy (non-hydrogen) atoms. The van der Waals surface area contributed by atoms with Crippen LogP contribution < -0.4 is 10.6 Å². The molecule has 2 heterocycles. The van der Waals surface area contributed by atoms with Gasteiger partial charge in [0, 0.05) is 19.3 Å². The quantitative estimate of drug-likeness (QED) is 0.742. The van der Waals surface area contributed by atoms with Crippen LogP contribution in [0.1, 0.15) is 17.0 Å². The van der Waals surface area contributed by atoms with E-state index in [2.05, 4.69) is 26.9 Å². The third-order valence-corrected chi connectivity index (χ3v) is 3.18. The highest BCUT2D eigenvalue weighted by molar-refractivity contribution is 5.96. The molecule has 92 valence electrons. The van der Waals surface area contributed by atoms with E-state index in [1.54, 1.807) is 12.4 Å². The summed E-state index contributed by atoms with van der Waals surface area (Å²) < 4.78 is 0. The maximum atomic E-state index is 12.2. The van der Waals surface area contributed by atoms with E-state index in [4.69, 9.17) is 0 Å². The summed E-state index contributed by atoms with van der Waals surface area (Å²) in [5, 5.41) is 12.6. The summed E-state index contributed by atoms with van der Waals surface area (Å²) in [6.07, 6.45) is 3.26. The molecule has 0 saturated carbocycles. The molecule has 1 amide bonds. The topological polar surface area (TPSA) is 69.8 Å². The zero-order chi connectivity index (χ0) is 12.4. The Morgan fingerprint density at radius 2 is 2.28 bits per heavy atom. The number of hydrogen-bond donors (Lipinski definition) is 3. The summed E-state index contributed by atoms with van der Waals surface area (Å²) in [6.45, 7) is 1.49. The highest BCUT2D eigenvalue weighted by Gasteiger charge is 2.26. The lowest BCUT2D eigenvalue weighted by Crippen LogP contribution is -2.35. The number of carbonyl (C=O) groups excluding carboxylic acids is 1. The van der Waals surface area contributed by atoms with E-state index in [-0.39, 0.29) is 11.8 Å². The molecule has 1 aromatic carbocycles. The number of rotatable bonds is 2. The highest BCUT2D eigenvalue weighted by Crippen LogP contribution is 2.24. The second-order valence-electron chi connectivity index (χ2n) is 4.36. The van der Waals surface area contributed by atoms with Crippen LogP contribution in [0.25, 0.3) is 0 Å². The van der Waals surface area contributed by atoms with Crippen molar-refractivity contribution in [2.45, 2.75) is 12.5 Å². The Kier molecular flexibility index (Phi) is 2.82. The van der Waals surface area contributed by atoms with E-state index in [1.807, 2.05) is 18.2 Å². The minimum atomic E-state index is -0.148. The number of aromatic nitrogens is 2. The SMILES string of the molecule is O=C(Nc1cn[nH]c1)C1CNCc2ccccc21. The zero-order valence-electron chi connectivity index (χ0n) is 9.81. The number of fused-ring (bicyclic) bond motifs is 1. The van der Waals surface area contributed by atoms with Crippen molar-refractivity contribution in [3.05, 3.63) is 47.8 Å². The average molecular weight is 242 g/mol. The third kappa shape index (κ3) is 2.00. The molecule has 0 fully saturated rings. The van der Waals surface area contributed by atoms with E-state index in [9.17, 15) is 4.79 Å². The smallest absolute Gasteiger partial charge is 0.233 e. The zero-order valence-corrected chi connectivity index (χ0v) is 9.81. The molecular weight excluding hydrogens is 228 g/mol. The lowest BCUT2D eigenvalue weighted by molar-refractivity contribution is -0.117. The molecule has 1 unspecified atom stereocenters. The van der Waals surface area contributed by atoms with Gasteiger partial charge in [-0.3, -0.25) is 9.89 Å². The third-order valence-electron chi connectivity index (χ3n) is 3.18. The van der Waals surface area contributed by atoms with Gasteiger partial charge in [-0.25, -0.2) is 0 Å². The van der Waals surface area contributed by atoms with Crippen molar-refractivity contribution in [3.63, 3.8) is 0 Å². The number of anilines is 1. The minimum Gasteiger partial charge on any atom is -0.323 e. The first-order valence-corrected chi connectivity index (χ1v) is 5.93. The van der Waals surface area contributed by atoms with Crippen molar-refractivity contribution in [1.82, 2.24) is 15.5 Å². The van der Waals surface area contributed by atoms with Gasteiger partial charge in [0.05, 0.1) is 17.8 Å². The lowest BCUT2D eigenvalue weighted by Gasteiger charge is -2.25. The molecule has 0 spiro atoms. The van der Waals surface area contributed by atoms with Crippen molar-refractivity contribution < 1.29 is 4.79 Å². The van der Waals surface area contributed by atoms with Crippen LogP contribution in [0, 0.1) is 0 Å². The standard InChI is InChI=1S/C13H14N4O/c18-13(17-10-6-15-16-7-10)12-8-14-5-9-3-1-2-4-11(9)12/h1-4,6-7,12,14H,5,8H2,(H,15,16)(H,17,18). The number of nitrogens with zero attached hydrogens (tertiary/aromatic N) is 1. The maximum absolute atomic E-state index is 12.2. The van der Waals surface area contributed by atoms with Crippen molar-refractivity contribution in [2.24, 2.45) is 0 Å². The molecule has 0 radical (unpaired) electrons. The first-order chi connectivity index (χ1) is 8.84. The second-order valence-corrected chi connectivity index (χ2v) is 4.36. The van der Waals surface area contributed by atoms with Gasteiger partial charge in [0.15, 0.2) is 0 Å². The minimum absolute atomic E-state index is 0.00366. The number of hydrogen-bond acceptors (Lipinski definition) is 3. The van der Waals surface area contributed by atoms with Gasteiger partial charge in [-0.2, -0.15) is 5.10 Å². The van der Waals surface area contributed by atoms with Crippen LogP contribution in [0.2, 0.25) is 0 Å². The summed E-state index contributed by atoms with van der Waals surface area (Å²) in [7, 11) is 0. The number of nitrogens with one attached hydrogen (secondary N) is 3. The highest BCUT2D eigenvalue weighted by atomic mass is 16.1.